The Morgan fingerprint density at radius 1 is 1.36 bits per heavy atom. The Labute approximate surface area is 83.5 Å². The van der Waals surface area contributed by atoms with Gasteiger partial charge in [0.2, 0.25) is 5.95 Å². The molecule has 1 aromatic heterocycles. The predicted molar refractivity (Wildman–Crippen MR) is 56.0 cm³/mol. The fraction of sp³-hybridized carbons (Fsp3) is 0.556. The number of nitrogens with zero attached hydrogens (tertiary/aromatic N) is 3. The van der Waals surface area contributed by atoms with Crippen molar-refractivity contribution in [3.8, 4) is 0 Å². The van der Waals surface area contributed by atoms with Gasteiger partial charge in [0.05, 0.1) is 0 Å². The summed E-state index contributed by atoms with van der Waals surface area (Å²) in [5.74, 6) is 1.50. The van der Waals surface area contributed by atoms with Crippen LogP contribution in [-0.2, 0) is 0 Å². The summed E-state index contributed by atoms with van der Waals surface area (Å²) >= 11 is 0. The van der Waals surface area contributed by atoms with Crippen molar-refractivity contribution in [2.45, 2.75) is 12.8 Å². The van der Waals surface area contributed by atoms with Crippen LogP contribution in [0, 0.1) is 0 Å². The second-order valence-corrected chi connectivity index (χ2v) is 3.32. The molecular weight excluding hydrogens is 178 g/mol. The molecule has 0 atom stereocenters. The van der Waals surface area contributed by atoms with Gasteiger partial charge in [0.25, 0.3) is 0 Å². The van der Waals surface area contributed by atoms with Gasteiger partial charge in [-0.1, -0.05) is 0 Å². The van der Waals surface area contributed by atoms with E-state index in [-0.39, 0.29) is 0 Å². The molecule has 1 aliphatic rings. The van der Waals surface area contributed by atoms with E-state index in [0.29, 0.717) is 5.95 Å². The number of aromatic nitrogens is 2. The second kappa shape index (κ2) is 4.23. The zero-order valence-electron chi connectivity index (χ0n) is 8.32. The summed E-state index contributed by atoms with van der Waals surface area (Å²) in [4.78, 5) is 8.33. The van der Waals surface area contributed by atoms with Crippen molar-refractivity contribution in [2.75, 3.05) is 30.9 Å². The number of anilines is 2. The maximum absolute atomic E-state index is 4.28. The highest BCUT2D eigenvalue weighted by molar-refractivity contribution is 5.38. The smallest absolute Gasteiger partial charge is 0.224 e. The maximum Gasteiger partial charge on any atom is 0.224 e. The van der Waals surface area contributed by atoms with Crippen molar-refractivity contribution in [3.63, 3.8) is 0 Å². The number of nitrogens with one attached hydrogen (secondary N) is 2. The van der Waals surface area contributed by atoms with Crippen LogP contribution in [0.2, 0.25) is 0 Å². The lowest BCUT2D eigenvalue weighted by atomic mass is 10.4. The third-order valence-electron chi connectivity index (χ3n) is 2.26. The van der Waals surface area contributed by atoms with Crippen molar-refractivity contribution in [1.82, 2.24) is 15.0 Å². The molecule has 1 fully saturated rings. The molecule has 2 heterocycles. The number of hydrogen-bond acceptors (Lipinski definition) is 5. The lowest BCUT2D eigenvalue weighted by Gasteiger charge is -2.16. The molecule has 1 saturated heterocycles. The normalized spacial score (nSPS) is 16.9. The minimum Gasteiger partial charge on any atom is -0.357 e. The molecule has 1 aliphatic heterocycles. The van der Waals surface area contributed by atoms with Gasteiger partial charge in [0, 0.05) is 32.4 Å². The quantitative estimate of drug-likeness (QED) is 0.748. The van der Waals surface area contributed by atoms with Gasteiger partial charge in [-0.15, -0.1) is 0 Å². The zero-order valence-corrected chi connectivity index (χ0v) is 8.32. The van der Waals surface area contributed by atoms with Crippen LogP contribution in [0.5, 0.6) is 0 Å². The van der Waals surface area contributed by atoms with Crippen LogP contribution >= 0.6 is 0 Å². The van der Waals surface area contributed by atoms with Crippen molar-refractivity contribution in [3.05, 3.63) is 12.3 Å². The molecule has 0 saturated carbocycles. The molecule has 0 radical (unpaired) electrons. The van der Waals surface area contributed by atoms with E-state index in [4.69, 9.17) is 0 Å². The molecule has 0 bridgehead atoms. The van der Waals surface area contributed by atoms with Crippen LogP contribution in [0.25, 0.3) is 0 Å². The summed E-state index contributed by atoms with van der Waals surface area (Å²) in [6.07, 6.45) is 4.27. The third-order valence-corrected chi connectivity index (χ3v) is 2.26. The Hall–Kier alpha value is -1.36. The highest BCUT2D eigenvalue weighted by atomic mass is 15.5. The fourth-order valence-corrected chi connectivity index (χ4v) is 1.53. The number of hydrazine groups is 1. The molecule has 1 aromatic rings. The molecule has 76 valence electrons. The molecule has 0 aromatic carbocycles. The molecule has 5 heteroatoms. The van der Waals surface area contributed by atoms with Gasteiger partial charge in [-0.2, -0.15) is 4.98 Å². The van der Waals surface area contributed by atoms with Crippen LogP contribution in [0.15, 0.2) is 12.3 Å². The SMILES string of the molecule is CNc1nccc(NN2CCCC2)n1. The molecule has 0 amide bonds. The van der Waals surface area contributed by atoms with E-state index >= 15 is 0 Å². The van der Waals surface area contributed by atoms with Gasteiger partial charge < -0.3 is 10.7 Å². The summed E-state index contributed by atoms with van der Waals surface area (Å²) in [5, 5.41) is 5.09. The van der Waals surface area contributed by atoms with Gasteiger partial charge in [-0.25, -0.2) is 9.99 Å². The van der Waals surface area contributed by atoms with Crippen molar-refractivity contribution in [1.29, 1.82) is 0 Å². The third kappa shape index (κ3) is 2.11. The monoisotopic (exact) mass is 193 g/mol. The summed E-state index contributed by atoms with van der Waals surface area (Å²) in [6.45, 7) is 2.19. The Kier molecular flexibility index (Phi) is 2.78. The van der Waals surface area contributed by atoms with E-state index in [9.17, 15) is 0 Å². The highest BCUT2D eigenvalue weighted by Crippen LogP contribution is 2.11. The Morgan fingerprint density at radius 2 is 2.14 bits per heavy atom. The number of rotatable bonds is 3. The first-order chi connectivity index (χ1) is 6.88. The minimum atomic E-state index is 0.647. The molecule has 0 unspecified atom stereocenters. The van der Waals surface area contributed by atoms with Crippen LogP contribution < -0.4 is 10.7 Å². The molecule has 0 aliphatic carbocycles. The Balaban J connectivity index is 2.00. The van der Waals surface area contributed by atoms with E-state index in [0.717, 1.165) is 18.9 Å². The Bertz CT molecular complexity index is 295. The molecule has 14 heavy (non-hydrogen) atoms. The van der Waals surface area contributed by atoms with E-state index in [1.54, 1.807) is 6.20 Å². The molecule has 5 nitrogen and oxygen atoms in total. The van der Waals surface area contributed by atoms with Crippen molar-refractivity contribution < 1.29 is 0 Å². The summed E-state index contributed by atoms with van der Waals surface area (Å²) < 4.78 is 0. The minimum absolute atomic E-state index is 0.647. The topological polar surface area (TPSA) is 53.1 Å². The first kappa shape index (κ1) is 9.21. The van der Waals surface area contributed by atoms with Crippen LogP contribution in [0.1, 0.15) is 12.8 Å². The predicted octanol–water partition coefficient (Wildman–Crippen LogP) is 0.941. The summed E-state index contributed by atoms with van der Waals surface area (Å²) in [5.41, 5.74) is 3.26. The van der Waals surface area contributed by atoms with E-state index < -0.39 is 0 Å². The largest absolute Gasteiger partial charge is 0.357 e. The molecule has 0 spiro atoms. The molecule has 2 rings (SSSR count). The van der Waals surface area contributed by atoms with Crippen molar-refractivity contribution >= 4 is 11.8 Å². The second-order valence-electron chi connectivity index (χ2n) is 3.32. The molecular formula is C9H15N5. The van der Waals surface area contributed by atoms with Gasteiger partial charge in [0.15, 0.2) is 0 Å². The summed E-state index contributed by atoms with van der Waals surface area (Å²) in [7, 11) is 1.81. The summed E-state index contributed by atoms with van der Waals surface area (Å²) in [6, 6.07) is 1.87. The average molecular weight is 193 g/mol. The van der Waals surface area contributed by atoms with Gasteiger partial charge in [-0.3, -0.25) is 0 Å². The van der Waals surface area contributed by atoms with Crippen molar-refractivity contribution in [2.24, 2.45) is 0 Å². The lowest BCUT2D eigenvalue weighted by Crippen LogP contribution is -2.26. The maximum atomic E-state index is 4.28. The van der Waals surface area contributed by atoms with E-state index in [1.165, 1.54) is 12.8 Å². The van der Waals surface area contributed by atoms with Crippen LogP contribution in [0.3, 0.4) is 0 Å². The average Bonchev–Trinajstić information content (AvgIpc) is 2.71. The molecule has 2 N–H and O–H groups in total. The van der Waals surface area contributed by atoms with Gasteiger partial charge in [0.1, 0.15) is 5.82 Å². The van der Waals surface area contributed by atoms with E-state index in [1.807, 2.05) is 13.1 Å². The number of hydrogen-bond donors (Lipinski definition) is 2. The van der Waals surface area contributed by atoms with E-state index in [2.05, 4.69) is 25.7 Å². The zero-order chi connectivity index (χ0) is 9.80. The lowest BCUT2D eigenvalue weighted by molar-refractivity contribution is 0.408. The fourth-order valence-electron chi connectivity index (χ4n) is 1.53. The first-order valence-corrected chi connectivity index (χ1v) is 4.91. The first-order valence-electron chi connectivity index (χ1n) is 4.91. The van der Waals surface area contributed by atoms with Crippen LogP contribution in [0.4, 0.5) is 11.8 Å². The highest BCUT2D eigenvalue weighted by Gasteiger charge is 2.11. The Morgan fingerprint density at radius 3 is 2.86 bits per heavy atom. The van der Waals surface area contributed by atoms with Gasteiger partial charge in [-0.05, 0) is 12.8 Å². The van der Waals surface area contributed by atoms with Gasteiger partial charge >= 0.3 is 0 Å². The standard InChI is InChI=1S/C9H15N5/c1-10-9-11-5-4-8(12-9)13-14-6-2-3-7-14/h4-5H,2-3,6-7H2,1H3,(H2,10,11,12,13). The van der Waals surface area contributed by atoms with Crippen LogP contribution in [-0.4, -0.2) is 35.1 Å².